The summed E-state index contributed by atoms with van der Waals surface area (Å²) in [5.41, 5.74) is 0.567. The monoisotopic (exact) mass is 191 g/mol. The average Bonchev–Trinajstić information content (AvgIpc) is 2.10. The van der Waals surface area contributed by atoms with E-state index in [1.807, 2.05) is 0 Å². The minimum absolute atomic E-state index is 0.0750. The molecule has 1 heterocycles. The van der Waals surface area contributed by atoms with E-state index >= 15 is 0 Å². The Balaban J connectivity index is 3.01. The van der Waals surface area contributed by atoms with Crippen LogP contribution in [0.25, 0.3) is 0 Å². The van der Waals surface area contributed by atoms with Crippen molar-refractivity contribution in [3.05, 3.63) is 10.3 Å². The molecule has 0 amide bonds. The van der Waals surface area contributed by atoms with Gasteiger partial charge in [0, 0.05) is 7.05 Å². The molecule has 0 spiro atoms. The van der Waals surface area contributed by atoms with Crippen LogP contribution in [0.15, 0.2) is 4.60 Å². The number of aliphatic hydroxyl groups is 1. The van der Waals surface area contributed by atoms with E-state index in [4.69, 9.17) is 5.11 Å². The second-order valence-corrected chi connectivity index (χ2v) is 2.34. The highest BCUT2D eigenvalue weighted by Crippen LogP contribution is 2.08. The van der Waals surface area contributed by atoms with Crippen molar-refractivity contribution in [2.24, 2.45) is 7.05 Å². The van der Waals surface area contributed by atoms with Crippen LogP contribution in [0.3, 0.4) is 0 Å². The van der Waals surface area contributed by atoms with Crippen LogP contribution in [0.5, 0.6) is 0 Å². The fourth-order valence-corrected chi connectivity index (χ4v) is 0.954. The Morgan fingerprint density at radius 2 is 2.33 bits per heavy atom. The van der Waals surface area contributed by atoms with Gasteiger partial charge in [0.15, 0.2) is 4.60 Å². The smallest absolute Gasteiger partial charge is 0.153 e. The maximum atomic E-state index is 8.59. The van der Waals surface area contributed by atoms with Crippen molar-refractivity contribution in [3.8, 4) is 0 Å². The molecular weight excluding hydrogens is 186 g/mol. The van der Waals surface area contributed by atoms with Crippen LogP contribution in [0.1, 0.15) is 5.69 Å². The van der Waals surface area contributed by atoms with E-state index in [0.717, 1.165) is 0 Å². The highest BCUT2D eigenvalue weighted by molar-refractivity contribution is 9.10. The Kier molecular flexibility index (Phi) is 1.82. The largest absolute Gasteiger partial charge is 0.390 e. The molecule has 0 saturated heterocycles. The molecule has 0 radical (unpaired) electrons. The van der Waals surface area contributed by atoms with Crippen LogP contribution >= 0.6 is 15.9 Å². The SMILES string of the molecule is Cn1nc(Br)c(CO)n1. The normalized spacial score (nSPS) is 10.1. The van der Waals surface area contributed by atoms with Crippen molar-refractivity contribution in [1.29, 1.82) is 0 Å². The van der Waals surface area contributed by atoms with E-state index in [2.05, 4.69) is 26.1 Å². The van der Waals surface area contributed by atoms with Crippen LogP contribution in [0.4, 0.5) is 0 Å². The fraction of sp³-hybridized carbons (Fsp3) is 0.500. The van der Waals surface area contributed by atoms with Gasteiger partial charge in [0.1, 0.15) is 5.69 Å². The lowest BCUT2D eigenvalue weighted by Gasteiger charge is -1.81. The Morgan fingerprint density at radius 1 is 1.67 bits per heavy atom. The minimum Gasteiger partial charge on any atom is -0.390 e. The fourth-order valence-electron chi connectivity index (χ4n) is 0.520. The molecule has 0 atom stereocenters. The third-order valence-electron chi connectivity index (χ3n) is 0.886. The molecule has 1 N–H and O–H groups in total. The van der Waals surface area contributed by atoms with Gasteiger partial charge in [-0.1, -0.05) is 0 Å². The van der Waals surface area contributed by atoms with Crippen molar-refractivity contribution in [3.63, 3.8) is 0 Å². The molecule has 5 heteroatoms. The predicted octanol–water partition coefficient (Wildman–Crippen LogP) is 0.0699. The van der Waals surface area contributed by atoms with Gasteiger partial charge in [0.25, 0.3) is 0 Å². The lowest BCUT2D eigenvalue weighted by molar-refractivity contribution is 0.275. The third kappa shape index (κ3) is 1.28. The first kappa shape index (κ1) is 6.70. The average molecular weight is 192 g/mol. The predicted molar refractivity (Wildman–Crippen MR) is 34.6 cm³/mol. The molecule has 0 aliphatic carbocycles. The Morgan fingerprint density at radius 3 is 2.56 bits per heavy atom. The summed E-state index contributed by atoms with van der Waals surface area (Å²) < 4.78 is 0.604. The molecule has 0 fully saturated rings. The molecule has 0 aliphatic rings. The van der Waals surface area contributed by atoms with Crippen LogP contribution < -0.4 is 0 Å². The van der Waals surface area contributed by atoms with Crippen molar-refractivity contribution in [2.45, 2.75) is 6.61 Å². The molecule has 9 heavy (non-hydrogen) atoms. The van der Waals surface area contributed by atoms with E-state index in [1.165, 1.54) is 4.80 Å². The lowest BCUT2D eigenvalue weighted by atomic mass is 10.5. The topological polar surface area (TPSA) is 50.9 Å². The van der Waals surface area contributed by atoms with E-state index in [9.17, 15) is 0 Å². The molecule has 0 saturated carbocycles. The number of aromatic nitrogens is 3. The van der Waals surface area contributed by atoms with Gasteiger partial charge in [-0.2, -0.15) is 9.90 Å². The summed E-state index contributed by atoms with van der Waals surface area (Å²) in [4.78, 5) is 1.40. The summed E-state index contributed by atoms with van der Waals surface area (Å²) in [6.45, 7) is -0.0750. The van der Waals surface area contributed by atoms with Gasteiger partial charge >= 0.3 is 0 Å². The second-order valence-electron chi connectivity index (χ2n) is 1.59. The van der Waals surface area contributed by atoms with Gasteiger partial charge in [0.2, 0.25) is 0 Å². The van der Waals surface area contributed by atoms with Crippen LogP contribution in [0.2, 0.25) is 0 Å². The molecule has 1 aromatic rings. The summed E-state index contributed by atoms with van der Waals surface area (Å²) in [7, 11) is 1.70. The molecule has 0 aliphatic heterocycles. The second kappa shape index (κ2) is 2.45. The van der Waals surface area contributed by atoms with Crippen molar-refractivity contribution >= 4 is 15.9 Å². The molecule has 0 unspecified atom stereocenters. The number of hydrogen-bond donors (Lipinski definition) is 1. The van der Waals surface area contributed by atoms with E-state index in [1.54, 1.807) is 7.05 Å². The zero-order valence-corrected chi connectivity index (χ0v) is 6.46. The Labute approximate surface area is 60.6 Å². The van der Waals surface area contributed by atoms with Gasteiger partial charge in [-0.15, -0.1) is 5.10 Å². The van der Waals surface area contributed by atoms with E-state index in [-0.39, 0.29) is 6.61 Å². The number of hydrogen-bond acceptors (Lipinski definition) is 3. The Bertz CT molecular complexity index is 210. The maximum absolute atomic E-state index is 8.59. The number of rotatable bonds is 1. The van der Waals surface area contributed by atoms with Gasteiger partial charge < -0.3 is 5.11 Å². The minimum atomic E-state index is -0.0750. The summed E-state index contributed by atoms with van der Waals surface area (Å²) in [6.07, 6.45) is 0. The molecule has 1 rings (SSSR count). The highest BCUT2D eigenvalue weighted by atomic mass is 79.9. The highest BCUT2D eigenvalue weighted by Gasteiger charge is 2.02. The standard InChI is InChI=1S/C4H6BrN3O/c1-8-6-3(2-9)4(5)7-8/h9H,2H2,1H3. The summed E-state index contributed by atoms with van der Waals surface area (Å²) in [5.74, 6) is 0. The number of aryl methyl sites for hydroxylation is 1. The lowest BCUT2D eigenvalue weighted by Crippen LogP contribution is -1.92. The quantitative estimate of drug-likeness (QED) is 0.684. The van der Waals surface area contributed by atoms with Gasteiger partial charge in [-0.25, -0.2) is 0 Å². The van der Waals surface area contributed by atoms with Crippen LogP contribution in [0, 0.1) is 0 Å². The number of nitrogens with zero attached hydrogens (tertiary/aromatic N) is 3. The van der Waals surface area contributed by atoms with Crippen LogP contribution in [-0.2, 0) is 13.7 Å². The first-order chi connectivity index (χ1) is 4.24. The van der Waals surface area contributed by atoms with Crippen molar-refractivity contribution in [1.82, 2.24) is 15.0 Å². The first-order valence-electron chi connectivity index (χ1n) is 2.40. The Hall–Kier alpha value is -0.420. The van der Waals surface area contributed by atoms with Gasteiger partial charge in [-0.05, 0) is 15.9 Å². The van der Waals surface area contributed by atoms with Crippen molar-refractivity contribution < 1.29 is 5.11 Å². The molecule has 0 bridgehead atoms. The molecular formula is C4H6BrN3O. The van der Waals surface area contributed by atoms with Crippen LogP contribution in [-0.4, -0.2) is 20.1 Å². The molecule has 4 nitrogen and oxygen atoms in total. The summed E-state index contributed by atoms with van der Waals surface area (Å²) in [6, 6.07) is 0. The van der Waals surface area contributed by atoms with Gasteiger partial charge in [0.05, 0.1) is 6.61 Å². The molecule has 1 aromatic heterocycles. The number of aliphatic hydroxyl groups excluding tert-OH is 1. The molecule has 50 valence electrons. The van der Waals surface area contributed by atoms with E-state index < -0.39 is 0 Å². The number of halogens is 1. The first-order valence-corrected chi connectivity index (χ1v) is 3.20. The zero-order chi connectivity index (χ0) is 6.85. The zero-order valence-electron chi connectivity index (χ0n) is 4.87. The molecule has 0 aromatic carbocycles. The maximum Gasteiger partial charge on any atom is 0.153 e. The van der Waals surface area contributed by atoms with Gasteiger partial charge in [-0.3, -0.25) is 0 Å². The summed E-state index contributed by atoms with van der Waals surface area (Å²) in [5, 5.41) is 16.3. The summed E-state index contributed by atoms with van der Waals surface area (Å²) >= 11 is 3.12. The third-order valence-corrected chi connectivity index (χ3v) is 1.50. The van der Waals surface area contributed by atoms with E-state index in [0.29, 0.717) is 10.3 Å². The van der Waals surface area contributed by atoms with Crippen molar-refractivity contribution in [2.75, 3.05) is 0 Å².